The number of rotatable bonds is 8. The second-order valence-electron chi connectivity index (χ2n) is 3.27. The first-order valence-electron chi connectivity index (χ1n) is 5.27. The molecule has 0 radical (unpaired) electrons. The van der Waals surface area contributed by atoms with Crippen LogP contribution >= 0.6 is 7.75 Å². The van der Waals surface area contributed by atoms with Gasteiger partial charge in [-0.15, -0.1) is 0 Å². The normalized spacial score (nSPS) is 15.8. The van der Waals surface area contributed by atoms with E-state index in [1.165, 1.54) is 0 Å². The van der Waals surface area contributed by atoms with Gasteiger partial charge in [-0.25, -0.2) is 10.1 Å². The lowest BCUT2D eigenvalue weighted by molar-refractivity contribution is 0.139. The molecular formula is C9H22NO3P. The maximum absolute atomic E-state index is 11.6. The lowest BCUT2D eigenvalue weighted by Gasteiger charge is -2.19. The van der Waals surface area contributed by atoms with E-state index >= 15 is 0 Å². The van der Waals surface area contributed by atoms with Crippen LogP contribution in [0.5, 0.6) is 0 Å². The van der Waals surface area contributed by atoms with Crippen LogP contribution in [0.15, 0.2) is 0 Å². The maximum atomic E-state index is 11.6. The predicted molar refractivity (Wildman–Crippen MR) is 58.1 cm³/mol. The first kappa shape index (κ1) is 14.1. The van der Waals surface area contributed by atoms with E-state index < -0.39 is 7.75 Å². The van der Waals surface area contributed by atoms with Crippen LogP contribution in [0.2, 0.25) is 0 Å². The zero-order chi connectivity index (χ0) is 11.0. The fourth-order valence-electron chi connectivity index (χ4n) is 1.01. The molecule has 14 heavy (non-hydrogen) atoms. The Labute approximate surface area is 86.7 Å². The fourth-order valence-corrected chi connectivity index (χ4v) is 2.17. The van der Waals surface area contributed by atoms with E-state index in [0.29, 0.717) is 6.61 Å². The first-order chi connectivity index (χ1) is 6.55. The highest BCUT2D eigenvalue weighted by Crippen LogP contribution is 2.41. The van der Waals surface area contributed by atoms with Crippen LogP contribution in [0.1, 0.15) is 46.5 Å². The summed E-state index contributed by atoms with van der Waals surface area (Å²) in [7, 11) is -3.31. The van der Waals surface area contributed by atoms with Gasteiger partial charge in [0.1, 0.15) is 0 Å². The third-order valence-electron chi connectivity index (χ3n) is 1.98. The summed E-state index contributed by atoms with van der Waals surface area (Å²) in [4.78, 5) is 0. The Hall–Kier alpha value is 0.110. The van der Waals surface area contributed by atoms with Gasteiger partial charge in [0.05, 0.1) is 12.7 Å². The van der Waals surface area contributed by atoms with Gasteiger partial charge < -0.3 is 0 Å². The monoisotopic (exact) mass is 223 g/mol. The molecule has 0 rings (SSSR count). The number of unbranched alkanes of at least 4 members (excludes halogenated alkanes) is 1. The summed E-state index contributed by atoms with van der Waals surface area (Å²) in [5.41, 5.74) is 5.42. The Morgan fingerprint density at radius 1 is 1.29 bits per heavy atom. The summed E-state index contributed by atoms with van der Waals surface area (Å²) in [6.45, 7) is 6.39. The first-order valence-corrected chi connectivity index (χ1v) is 6.88. The van der Waals surface area contributed by atoms with E-state index in [4.69, 9.17) is 14.6 Å². The van der Waals surface area contributed by atoms with Crippen molar-refractivity contribution < 1.29 is 13.6 Å². The molecule has 0 saturated carbocycles. The minimum absolute atomic E-state index is 0.0625. The van der Waals surface area contributed by atoms with Gasteiger partial charge in [0.25, 0.3) is 0 Å². The fraction of sp³-hybridized carbons (Fsp3) is 1.00. The van der Waals surface area contributed by atoms with Crippen LogP contribution in [-0.4, -0.2) is 12.7 Å². The topological polar surface area (TPSA) is 61.5 Å². The molecule has 5 heteroatoms. The van der Waals surface area contributed by atoms with Crippen LogP contribution in [-0.2, 0) is 13.6 Å². The highest BCUT2D eigenvalue weighted by molar-refractivity contribution is 7.51. The van der Waals surface area contributed by atoms with Crippen molar-refractivity contribution in [3.05, 3.63) is 0 Å². The molecule has 0 fully saturated rings. The second-order valence-corrected chi connectivity index (χ2v) is 4.82. The van der Waals surface area contributed by atoms with Gasteiger partial charge in [-0.05, 0) is 19.3 Å². The maximum Gasteiger partial charge on any atom is 0.403 e. The molecule has 0 aliphatic heterocycles. The average molecular weight is 223 g/mol. The quantitative estimate of drug-likeness (QED) is 0.507. The third kappa shape index (κ3) is 6.55. The molecule has 0 saturated heterocycles. The molecule has 1 atom stereocenters. The predicted octanol–water partition coefficient (Wildman–Crippen LogP) is 3.08. The summed E-state index contributed by atoms with van der Waals surface area (Å²) < 4.78 is 21.8. The van der Waals surface area contributed by atoms with Crippen LogP contribution in [0.4, 0.5) is 0 Å². The summed E-state index contributed by atoms with van der Waals surface area (Å²) in [5, 5.41) is 0. The van der Waals surface area contributed by atoms with Crippen molar-refractivity contribution in [3.8, 4) is 0 Å². The summed E-state index contributed by atoms with van der Waals surface area (Å²) >= 11 is 0. The lowest BCUT2D eigenvalue weighted by Crippen LogP contribution is -2.14. The molecule has 1 unspecified atom stereocenters. The van der Waals surface area contributed by atoms with E-state index in [1.54, 1.807) is 0 Å². The number of nitrogens with two attached hydrogens (primary N) is 1. The van der Waals surface area contributed by atoms with E-state index in [1.807, 2.05) is 20.8 Å². The molecule has 86 valence electrons. The number of hydrogen-bond donors (Lipinski definition) is 1. The van der Waals surface area contributed by atoms with Crippen molar-refractivity contribution in [2.75, 3.05) is 6.61 Å². The Kier molecular flexibility index (Phi) is 7.47. The molecule has 2 N–H and O–H groups in total. The van der Waals surface area contributed by atoms with E-state index in [9.17, 15) is 4.57 Å². The second kappa shape index (κ2) is 7.41. The SMILES string of the molecule is CCCCOP(N)(=O)OC(CC)CC. The summed E-state index contributed by atoms with van der Waals surface area (Å²) in [6.07, 6.45) is 3.38. The lowest BCUT2D eigenvalue weighted by atomic mass is 10.2. The largest absolute Gasteiger partial charge is 0.403 e. The van der Waals surface area contributed by atoms with Gasteiger partial charge in [0.2, 0.25) is 0 Å². The van der Waals surface area contributed by atoms with Crippen LogP contribution in [0.25, 0.3) is 0 Å². The van der Waals surface area contributed by atoms with Crippen molar-refractivity contribution in [2.45, 2.75) is 52.6 Å². The standard InChI is InChI=1S/C9H22NO3P/c1-4-7-8-12-14(10,11)13-9(5-2)6-3/h9H,4-8H2,1-3H3,(H2,10,11). The smallest absolute Gasteiger partial charge is 0.297 e. The van der Waals surface area contributed by atoms with E-state index in [-0.39, 0.29) is 6.10 Å². The Morgan fingerprint density at radius 2 is 1.86 bits per heavy atom. The molecule has 0 amide bonds. The minimum atomic E-state index is -3.31. The van der Waals surface area contributed by atoms with E-state index in [0.717, 1.165) is 25.7 Å². The zero-order valence-electron chi connectivity index (χ0n) is 9.36. The molecule has 4 nitrogen and oxygen atoms in total. The highest BCUT2D eigenvalue weighted by atomic mass is 31.2. The van der Waals surface area contributed by atoms with Crippen molar-refractivity contribution in [2.24, 2.45) is 5.50 Å². The van der Waals surface area contributed by atoms with E-state index in [2.05, 4.69) is 0 Å². The molecule has 0 bridgehead atoms. The van der Waals surface area contributed by atoms with Crippen molar-refractivity contribution in [1.29, 1.82) is 0 Å². The summed E-state index contributed by atoms with van der Waals surface area (Å²) in [5.74, 6) is 0. The summed E-state index contributed by atoms with van der Waals surface area (Å²) in [6, 6.07) is 0. The number of hydrogen-bond acceptors (Lipinski definition) is 3. The molecular weight excluding hydrogens is 201 g/mol. The molecule has 0 aromatic heterocycles. The minimum Gasteiger partial charge on any atom is -0.297 e. The van der Waals surface area contributed by atoms with Crippen LogP contribution in [0.3, 0.4) is 0 Å². The van der Waals surface area contributed by atoms with Crippen molar-refractivity contribution >= 4 is 7.75 Å². The van der Waals surface area contributed by atoms with Gasteiger partial charge in [-0.1, -0.05) is 27.2 Å². The Balaban J connectivity index is 3.86. The van der Waals surface area contributed by atoms with Crippen LogP contribution < -0.4 is 5.50 Å². The Bertz CT molecular complexity index is 183. The third-order valence-corrected chi connectivity index (χ3v) is 3.11. The molecule has 0 aliphatic rings. The molecule has 0 aromatic rings. The molecule has 0 aromatic carbocycles. The van der Waals surface area contributed by atoms with Gasteiger partial charge in [0.15, 0.2) is 0 Å². The van der Waals surface area contributed by atoms with Gasteiger partial charge in [0, 0.05) is 0 Å². The van der Waals surface area contributed by atoms with Crippen molar-refractivity contribution in [3.63, 3.8) is 0 Å². The molecule has 0 spiro atoms. The van der Waals surface area contributed by atoms with Crippen LogP contribution in [0, 0.1) is 0 Å². The average Bonchev–Trinajstić information content (AvgIpc) is 2.14. The highest BCUT2D eigenvalue weighted by Gasteiger charge is 2.21. The van der Waals surface area contributed by atoms with Gasteiger partial charge >= 0.3 is 7.75 Å². The Morgan fingerprint density at radius 3 is 2.29 bits per heavy atom. The molecule has 0 aliphatic carbocycles. The molecule has 0 heterocycles. The van der Waals surface area contributed by atoms with Gasteiger partial charge in [-0.3, -0.25) is 9.05 Å². The van der Waals surface area contributed by atoms with Gasteiger partial charge in [-0.2, -0.15) is 0 Å². The van der Waals surface area contributed by atoms with Crippen molar-refractivity contribution in [1.82, 2.24) is 0 Å². The zero-order valence-corrected chi connectivity index (χ0v) is 10.3.